The summed E-state index contributed by atoms with van der Waals surface area (Å²) < 4.78 is 10.6. The molecule has 1 atom stereocenters. The van der Waals surface area contributed by atoms with Gasteiger partial charge in [0.15, 0.2) is 6.61 Å². The lowest BCUT2D eigenvalue weighted by Gasteiger charge is -2.13. The van der Waals surface area contributed by atoms with Gasteiger partial charge in [0.05, 0.1) is 17.1 Å². The van der Waals surface area contributed by atoms with Crippen LogP contribution < -0.4 is 10.1 Å². The molecule has 1 rings (SSSR count). The standard InChI is InChI=1S/C14H18BrNO4/c1-4-9(2)16-13(17)8-20-12-6-5-10(7-11(12)15)14(18)19-3/h5-7,9H,4,8H2,1-3H3,(H,16,17)/t9-/m1/s1. The molecule has 0 aliphatic carbocycles. The first-order chi connectivity index (χ1) is 9.47. The molecule has 6 heteroatoms. The Bertz CT molecular complexity index is 490. The van der Waals surface area contributed by atoms with Crippen LogP contribution in [0.15, 0.2) is 22.7 Å². The quantitative estimate of drug-likeness (QED) is 0.806. The summed E-state index contributed by atoms with van der Waals surface area (Å²) in [6.45, 7) is 3.85. The molecule has 0 fully saturated rings. The van der Waals surface area contributed by atoms with Crippen molar-refractivity contribution in [3.8, 4) is 5.75 Å². The summed E-state index contributed by atoms with van der Waals surface area (Å²) >= 11 is 3.29. The molecule has 0 heterocycles. The minimum atomic E-state index is -0.424. The van der Waals surface area contributed by atoms with E-state index in [1.54, 1.807) is 18.2 Å². The molecule has 0 aliphatic heterocycles. The van der Waals surface area contributed by atoms with Gasteiger partial charge in [0, 0.05) is 6.04 Å². The van der Waals surface area contributed by atoms with Gasteiger partial charge in [-0.25, -0.2) is 4.79 Å². The summed E-state index contributed by atoms with van der Waals surface area (Å²) in [6, 6.07) is 4.91. The highest BCUT2D eigenvalue weighted by Crippen LogP contribution is 2.26. The zero-order valence-corrected chi connectivity index (χ0v) is 13.3. The van der Waals surface area contributed by atoms with Crippen LogP contribution in [0.25, 0.3) is 0 Å². The predicted molar refractivity (Wildman–Crippen MR) is 78.9 cm³/mol. The second kappa shape index (κ2) is 7.89. The highest BCUT2D eigenvalue weighted by atomic mass is 79.9. The van der Waals surface area contributed by atoms with Gasteiger partial charge < -0.3 is 14.8 Å². The van der Waals surface area contributed by atoms with E-state index in [0.717, 1.165) is 6.42 Å². The fourth-order valence-corrected chi connectivity index (χ4v) is 1.92. The van der Waals surface area contributed by atoms with Gasteiger partial charge in [-0.2, -0.15) is 0 Å². The molecule has 20 heavy (non-hydrogen) atoms. The first kappa shape index (κ1) is 16.5. The molecule has 0 saturated carbocycles. The lowest BCUT2D eigenvalue weighted by molar-refractivity contribution is -0.123. The van der Waals surface area contributed by atoms with Gasteiger partial charge in [-0.05, 0) is 47.5 Å². The Morgan fingerprint density at radius 2 is 2.10 bits per heavy atom. The van der Waals surface area contributed by atoms with Gasteiger partial charge in [-0.15, -0.1) is 0 Å². The number of rotatable bonds is 6. The number of nitrogens with one attached hydrogen (secondary N) is 1. The number of benzene rings is 1. The maximum absolute atomic E-state index is 11.6. The van der Waals surface area contributed by atoms with E-state index in [9.17, 15) is 9.59 Å². The number of hydrogen-bond acceptors (Lipinski definition) is 4. The first-order valence-corrected chi connectivity index (χ1v) is 7.07. The Hall–Kier alpha value is -1.56. The normalized spacial score (nSPS) is 11.6. The number of amides is 1. The monoisotopic (exact) mass is 343 g/mol. The van der Waals surface area contributed by atoms with Gasteiger partial charge in [0.1, 0.15) is 5.75 Å². The minimum Gasteiger partial charge on any atom is -0.483 e. The number of hydrogen-bond donors (Lipinski definition) is 1. The van der Waals surface area contributed by atoms with Crippen LogP contribution in [0.3, 0.4) is 0 Å². The largest absolute Gasteiger partial charge is 0.483 e. The van der Waals surface area contributed by atoms with E-state index in [1.165, 1.54) is 7.11 Å². The summed E-state index contributed by atoms with van der Waals surface area (Å²) in [6.07, 6.45) is 0.864. The lowest BCUT2D eigenvalue weighted by Crippen LogP contribution is -2.35. The van der Waals surface area contributed by atoms with Gasteiger partial charge in [0.2, 0.25) is 0 Å². The number of methoxy groups -OCH3 is 1. The zero-order chi connectivity index (χ0) is 15.1. The summed E-state index contributed by atoms with van der Waals surface area (Å²) in [5, 5.41) is 2.80. The van der Waals surface area contributed by atoms with Crippen molar-refractivity contribution in [2.75, 3.05) is 13.7 Å². The average molecular weight is 344 g/mol. The van der Waals surface area contributed by atoms with E-state index in [0.29, 0.717) is 15.8 Å². The fourth-order valence-electron chi connectivity index (χ4n) is 1.42. The molecule has 0 spiro atoms. The molecule has 1 amide bonds. The number of esters is 1. The molecule has 110 valence electrons. The van der Waals surface area contributed by atoms with Crippen molar-refractivity contribution < 1.29 is 19.1 Å². The molecule has 0 aliphatic rings. The van der Waals surface area contributed by atoms with Crippen molar-refractivity contribution in [1.29, 1.82) is 0 Å². The highest BCUT2D eigenvalue weighted by molar-refractivity contribution is 9.10. The van der Waals surface area contributed by atoms with E-state index in [2.05, 4.69) is 26.0 Å². The second-order valence-electron chi connectivity index (χ2n) is 4.30. The molecule has 1 N–H and O–H groups in total. The molecule has 0 unspecified atom stereocenters. The van der Waals surface area contributed by atoms with Crippen molar-refractivity contribution in [1.82, 2.24) is 5.32 Å². The van der Waals surface area contributed by atoms with Crippen LogP contribution in [0.4, 0.5) is 0 Å². The van der Waals surface area contributed by atoms with Crippen LogP contribution in [0.1, 0.15) is 30.6 Å². The van der Waals surface area contributed by atoms with Gasteiger partial charge in [0.25, 0.3) is 5.91 Å². The summed E-state index contributed by atoms with van der Waals surface area (Å²) in [7, 11) is 1.32. The van der Waals surface area contributed by atoms with E-state index < -0.39 is 5.97 Å². The molecule has 5 nitrogen and oxygen atoms in total. The van der Waals surface area contributed by atoms with Gasteiger partial charge in [-0.3, -0.25) is 4.79 Å². The van der Waals surface area contributed by atoms with Crippen LogP contribution in [-0.4, -0.2) is 31.6 Å². The highest BCUT2D eigenvalue weighted by Gasteiger charge is 2.11. The SMILES string of the molecule is CC[C@@H](C)NC(=O)COc1ccc(C(=O)OC)cc1Br. The Kier molecular flexibility index (Phi) is 6.51. The average Bonchev–Trinajstić information content (AvgIpc) is 2.44. The van der Waals surface area contributed by atoms with Gasteiger partial charge >= 0.3 is 5.97 Å². The number of ether oxygens (including phenoxy) is 2. The Labute approximate surface area is 126 Å². The van der Waals surface area contributed by atoms with Crippen LogP contribution in [0.5, 0.6) is 5.75 Å². The van der Waals surface area contributed by atoms with Crippen molar-refractivity contribution in [2.45, 2.75) is 26.3 Å². The van der Waals surface area contributed by atoms with Crippen molar-refractivity contribution in [2.24, 2.45) is 0 Å². The smallest absolute Gasteiger partial charge is 0.337 e. The third kappa shape index (κ3) is 4.85. The Balaban J connectivity index is 2.61. The molecule has 0 saturated heterocycles. The van der Waals surface area contributed by atoms with E-state index in [1.807, 2.05) is 13.8 Å². The molecule has 0 bridgehead atoms. The van der Waals surface area contributed by atoms with Crippen molar-refractivity contribution >= 4 is 27.8 Å². The minimum absolute atomic E-state index is 0.0689. The maximum Gasteiger partial charge on any atom is 0.337 e. The summed E-state index contributed by atoms with van der Waals surface area (Å²) in [5.41, 5.74) is 0.413. The predicted octanol–water partition coefficient (Wildman–Crippen LogP) is 2.53. The van der Waals surface area contributed by atoms with E-state index in [4.69, 9.17) is 4.74 Å². The summed E-state index contributed by atoms with van der Waals surface area (Å²) in [5.74, 6) is -0.105. The van der Waals surface area contributed by atoms with Crippen molar-refractivity contribution in [3.05, 3.63) is 28.2 Å². The van der Waals surface area contributed by atoms with Crippen LogP contribution >= 0.6 is 15.9 Å². The fraction of sp³-hybridized carbons (Fsp3) is 0.429. The maximum atomic E-state index is 11.6. The molecule has 0 aromatic heterocycles. The van der Waals surface area contributed by atoms with Crippen molar-refractivity contribution in [3.63, 3.8) is 0 Å². The molecule has 0 radical (unpaired) electrons. The first-order valence-electron chi connectivity index (χ1n) is 6.28. The molecular formula is C14H18BrNO4. The molecular weight excluding hydrogens is 326 g/mol. The van der Waals surface area contributed by atoms with Crippen LogP contribution in [-0.2, 0) is 9.53 Å². The van der Waals surface area contributed by atoms with Crippen LogP contribution in [0, 0.1) is 0 Å². The number of halogens is 1. The third-order valence-electron chi connectivity index (χ3n) is 2.73. The molecule has 1 aromatic rings. The second-order valence-corrected chi connectivity index (χ2v) is 5.16. The van der Waals surface area contributed by atoms with Gasteiger partial charge in [-0.1, -0.05) is 6.92 Å². The van der Waals surface area contributed by atoms with E-state index >= 15 is 0 Å². The summed E-state index contributed by atoms with van der Waals surface area (Å²) in [4.78, 5) is 22.9. The zero-order valence-electron chi connectivity index (χ0n) is 11.7. The Morgan fingerprint density at radius 1 is 1.40 bits per heavy atom. The topological polar surface area (TPSA) is 64.6 Å². The molecule has 1 aromatic carbocycles. The lowest BCUT2D eigenvalue weighted by atomic mass is 10.2. The number of carbonyl (C=O) groups excluding carboxylic acids is 2. The van der Waals surface area contributed by atoms with E-state index in [-0.39, 0.29) is 18.6 Å². The van der Waals surface area contributed by atoms with Crippen LogP contribution in [0.2, 0.25) is 0 Å². The number of carbonyl (C=O) groups is 2. The Morgan fingerprint density at radius 3 is 2.65 bits per heavy atom. The third-order valence-corrected chi connectivity index (χ3v) is 3.35.